The predicted molar refractivity (Wildman–Crippen MR) is 63.5 cm³/mol. The smallest absolute Gasteiger partial charge is 0.320 e. The summed E-state index contributed by atoms with van der Waals surface area (Å²) in [5, 5.41) is 2.26. The first-order chi connectivity index (χ1) is 7.78. The number of amides is 2. The summed E-state index contributed by atoms with van der Waals surface area (Å²) in [6, 6.07) is 0. The SMILES string of the molecule is COC(=O)C(Br)CN1CC(=O)NC(=O)C1(C)C. The van der Waals surface area contributed by atoms with Gasteiger partial charge in [0, 0.05) is 6.54 Å². The lowest BCUT2D eigenvalue weighted by molar-refractivity contribution is -0.148. The van der Waals surface area contributed by atoms with Crippen molar-refractivity contribution in [1.82, 2.24) is 10.2 Å². The van der Waals surface area contributed by atoms with Gasteiger partial charge in [0.05, 0.1) is 19.2 Å². The van der Waals surface area contributed by atoms with Crippen LogP contribution in [0.2, 0.25) is 0 Å². The van der Waals surface area contributed by atoms with Crippen LogP contribution in [0.1, 0.15) is 13.8 Å². The van der Waals surface area contributed by atoms with Crippen molar-refractivity contribution in [3.05, 3.63) is 0 Å². The molecular weight excluding hydrogens is 292 g/mol. The Morgan fingerprint density at radius 2 is 2.18 bits per heavy atom. The van der Waals surface area contributed by atoms with Crippen LogP contribution in [0.15, 0.2) is 0 Å². The van der Waals surface area contributed by atoms with E-state index in [9.17, 15) is 14.4 Å². The van der Waals surface area contributed by atoms with E-state index in [1.54, 1.807) is 18.7 Å². The van der Waals surface area contributed by atoms with Crippen molar-refractivity contribution < 1.29 is 19.1 Å². The number of hydrogen-bond donors (Lipinski definition) is 1. The number of hydrogen-bond acceptors (Lipinski definition) is 5. The number of ether oxygens (including phenoxy) is 1. The Bertz CT molecular complexity index is 356. The van der Waals surface area contributed by atoms with Crippen molar-refractivity contribution in [3.8, 4) is 0 Å². The van der Waals surface area contributed by atoms with Crippen molar-refractivity contribution in [3.63, 3.8) is 0 Å². The highest BCUT2D eigenvalue weighted by Crippen LogP contribution is 2.20. The van der Waals surface area contributed by atoms with Gasteiger partial charge in [-0.1, -0.05) is 15.9 Å². The number of methoxy groups -OCH3 is 1. The van der Waals surface area contributed by atoms with Gasteiger partial charge < -0.3 is 4.74 Å². The van der Waals surface area contributed by atoms with Gasteiger partial charge in [-0.15, -0.1) is 0 Å². The minimum absolute atomic E-state index is 0.0812. The molecule has 0 radical (unpaired) electrons. The average molecular weight is 307 g/mol. The van der Waals surface area contributed by atoms with Gasteiger partial charge in [-0.3, -0.25) is 24.6 Å². The lowest BCUT2D eigenvalue weighted by Crippen LogP contribution is -2.65. The average Bonchev–Trinajstić information content (AvgIpc) is 2.24. The van der Waals surface area contributed by atoms with E-state index in [-0.39, 0.29) is 24.9 Å². The Balaban J connectivity index is 2.77. The Labute approximate surface area is 108 Å². The Morgan fingerprint density at radius 1 is 1.59 bits per heavy atom. The topological polar surface area (TPSA) is 75.7 Å². The van der Waals surface area contributed by atoms with Crippen LogP contribution in [0.4, 0.5) is 0 Å². The summed E-state index contributed by atoms with van der Waals surface area (Å²) in [4.78, 5) is 35.3. The third-order valence-electron chi connectivity index (χ3n) is 2.77. The monoisotopic (exact) mass is 306 g/mol. The minimum Gasteiger partial charge on any atom is -0.468 e. The molecule has 1 saturated heterocycles. The number of piperazine rings is 1. The van der Waals surface area contributed by atoms with E-state index in [0.717, 1.165) is 0 Å². The molecule has 1 unspecified atom stereocenters. The highest BCUT2D eigenvalue weighted by atomic mass is 79.9. The molecule has 1 N–H and O–H groups in total. The first kappa shape index (κ1) is 14.1. The van der Waals surface area contributed by atoms with Crippen molar-refractivity contribution in [1.29, 1.82) is 0 Å². The van der Waals surface area contributed by atoms with Gasteiger partial charge in [-0.25, -0.2) is 0 Å². The highest BCUT2D eigenvalue weighted by molar-refractivity contribution is 9.10. The quantitative estimate of drug-likeness (QED) is 0.439. The molecule has 0 bridgehead atoms. The molecule has 0 saturated carbocycles. The number of halogens is 1. The third kappa shape index (κ3) is 3.04. The van der Waals surface area contributed by atoms with Gasteiger partial charge in [0.1, 0.15) is 4.83 Å². The maximum Gasteiger partial charge on any atom is 0.320 e. The largest absolute Gasteiger partial charge is 0.468 e. The van der Waals surface area contributed by atoms with Crippen LogP contribution in [0.5, 0.6) is 0 Å². The summed E-state index contributed by atoms with van der Waals surface area (Å²) in [5.41, 5.74) is -0.825. The molecule has 1 heterocycles. The molecule has 0 spiro atoms. The molecule has 0 aliphatic carbocycles. The van der Waals surface area contributed by atoms with Crippen molar-refractivity contribution >= 4 is 33.7 Å². The number of esters is 1. The molecule has 0 aromatic carbocycles. The number of carbonyl (C=O) groups excluding carboxylic acids is 3. The molecule has 0 aromatic heterocycles. The fourth-order valence-corrected chi connectivity index (χ4v) is 2.06. The lowest BCUT2D eigenvalue weighted by atomic mass is 9.98. The second-order valence-electron chi connectivity index (χ2n) is 4.31. The molecule has 7 heteroatoms. The molecule has 1 aliphatic rings. The molecular formula is C10H15BrN2O4. The second-order valence-corrected chi connectivity index (χ2v) is 5.41. The standard InChI is InChI=1S/C10H15BrN2O4/c1-10(2)9(16)12-7(14)5-13(10)4-6(11)8(15)17-3/h6H,4-5H2,1-3H3,(H,12,14,16). The van der Waals surface area contributed by atoms with Crippen LogP contribution in [0, 0.1) is 0 Å². The van der Waals surface area contributed by atoms with Gasteiger partial charge in [-0.05, 0) is 13.8 Å². The van der Waals surface area contributed by atoms with Gasteiger partial charge in [0.25, 0.3) is 0 Å². The Morgan fingerprint density at radius 3 is 2.71 bits per heavy atom. The number of alkyl halides is 1. The summed E-state index contributed by atoms with van der Waals surface area (Å²) < 4.78 is 4.58. The summed E-state index contributed by atoms with van der Waals surface area (Å²) in [5.74, 6) is -1.16. The number of imide groups is 1. The first-order valence-corrected chi connectivity index (χ1v) is 6.02. The Kier molecular flexibility index (Phi) is 4.26. The fraction of sp³-hybridized carbons (Fsp3) is 0.700. The van der Waals surface area contributed by atoms with Gasteiger partial charge in [0.2, 0.25) is 11.8 Å². The number of carbonyl (C=O) groups is 3. The molecule has 96 valence electrons. The molecule has 1 fully saturated rings. The molecule has 17 heavy (non-hydrogen) atoms. The van der Waals surface area contributed by atoms with E-state index in [1.165, 1.54) is 7.11 Å². The Hall–Kier alpha value is -0.950. The van der Waals surface area contributed by atoms with Crippen LogP contribution >= 0.6 is 15.9 Å². The van der Waals surface area contributed by atoms with E-state index in [4.69, 9.17) is 0 Å². The van der Waals surface area contributed by atoms with Crippen molar-refractivity contribution in [2.75, 3.05) is 20.2 Å². The van der Waals surface area contributed by atoms with Gasteiger partial charge in [0.15, 0.2) is 0 Å². The highest BCUT2D eigenvalue weighted by Gasteiger charge is 2.42. The van der Waals surface area contributed by atoms with Gasteiger partial charge >= 0.3 is 5.97 Å². The molecule has 1 rings (SSSR count). The van der Waals surface area contributed by atoms with Crippen LogP contribution in [-0.4, -0.2) is 53.2 Å². The van der Waals surface area contributed by atoms with E-state index in [2.05, 4.69) is 26.0 Å². The number of nitrogens with zero attached hydrogens (tertiary/aromatic N) is 1. The maximum absolute atomic E-state index is 11.7. The van der Waals surface area contributed by atoms with Crippen molar-refractivity contribution in [2.45, 2.75) is 24.2 Å². The van der Waals surface area contributed by atoms with Crippen LogP contribution in [0.3, 0.4) is 0 Å². The number of rotatable bonds is 3. The number of nitrogens with one attached hydrogen (secondary N) is 1. The second kappa shape index (κ2) is 5.14. The summed E-state index contributed by atoms with van der Waals surface area (Å²) in [7, 11) is 1.29. The molecule has 0 aromatic rings. The lowest BCUT2D eigenvalue weighted by Gasteiger charge is -2.40. The van der Waals surface area contributed by atoms with Crippen LogP contribution in [-0.2, 0) is 19.1 Å². The zero-order valence-corrected chi connectivity index (χ0v) is 11.5. The molecule has 6 nitrogen and oxygen atoms in total. The molecule has 1 aliphatic heterocycles. The van der Waals surface area contributed by atoms with E-state index in [0.29, 0.717) is 0 Å². The predicted octanol–water partition coefficient (Wildman–Crippen LogP) is -0.340. The molecule has 2 amide bonds. The van der Waals surface area contributed by atoms with E-state index < -0.39 is 16.3 Å². The first-order valence-electron chi connectivity index (χ1n) is 5.10. The molecule has 1 atom stereocenters. The third-order valence-corrected chi connectivity index (χ3v) is 3.43. The summed E-state index contributed by atoms with van der Waals surface area (Å²) in [6.45, 7) is 3.72. The summed E-state index contributed by atoms with van der Waals surface area (Å²) >= 11 is 3.17. The maximum atomic E-state index is 11.7. The minimum atomic E-state index is -0.825. The normalized spacial score (nSPS) is 21.9. The fourth-order valence-electron chi connectivity index (χ4n) is 1.52. The zero-order chi connectivity index (χ0) is 13.2. The van der Waals surface area contributed by atoms with Crippen LogP contribution in [0.25, 0.3) is 0 Å². The van der Waals surface area contributed by atoms with Crippen LogP contribution < -0.4 is 5.32 Å². The van der Waals surface area contributed by atoms with E-state index >= 15 is 0 Å². The van der Waals surface area contributed by atoms with E-state index in [1.807, 2.05) is 0 Å². The zero-order valence-electron chi connectivity index (χ0n) is 9.95. The summed E-state index contributed by atoms with van der Waals surface area (Å²) in [6.07, 6.45) is 0. The van der Waals surface area contributed by atoms with Crippen molar-refractivity contribution in [2.24, 2.45) is 0 Å². The van der Waals surface area contributed by atoms with Gasteiger partial charge in [-0.2, -0.15) is 0 Å².